The highest BCUT2D eigenvalue weighted by Gasteiger charge is 2.08. The van der Waals surface area contributed by atoms with E-state index in [9.17, 15) is 4.79 Å². The Morgan fingerprint density at radius 3 is 2.42 bits per heavy atom. The Morgan fingerprint density at radius 1 is 1.04 bits per heavy atom. The Labute approximate surface area is 151 Å². The number of hydrogen-bond donors (Lipinski definition) is 2. The summed E-state index contributed by atoms with van der Waals surface area (Å²) in [6, 6.07) is 9.20. The van der Waals surface area contributed by atoms with Gasteiger partial charge >= 0.3 is 0 Å². The molecule has 0 saturated heterocycles. The van der Waals surface area contributed by atoms with Gasteiger partial charge in [0.15, 0.2) is 0 Å². The van der Waals surface area contributed by atoms with Gasteiger partial charge in [0.1, 0.15) is 23.2 Å². The van der Waals surface area contributed by atoms with E-state index in [0.717, 1.165) is 11.5 Å². The van der Waals surface area contributed by atoms with Crippen LogP contribution in [0.15, 0.2) is 48.9 Å². The maximum atomic E-state index is 12.1. The van der Waals surface area contributed by atoms with Crippen LogP contribution in [0.4, 0.5) is 23.0 Å². The minimum atomic E-state index is -0.305. The molecule has 132 valence electrons. The van der Waals surface area contributed by atoms with E-state index in [1.54, 1.807) is 12.1 Å². The predicted molar refractivity (Wildman–Crippen MR) is 101 cm³/mol. The monoisotopic (exact) mass is 349 g/mol. The zero-order valence-electron chi connectivity index (χ0n) is 14.8. The molecule has 1 aromatic carbocycles. The molecule has 8 nitrogen and oxygen atoms in total. The van der Waals surface area contributed by atoms with Crippen LogP contribution in [0, 0.1) is 6.92 Å². The summed E-state index contributed by atoms with van der Waals surface area (Å²) >= 11 is 0. The van der Waals surface area contributed by atoms with Crippen LogP contribution >= 0.6 is 0 Å². The van der Waals surface area contributed by atoms with Crippen molar-refractivity contribution in [1.29, 1.82) is 0 Å². The van der Waals surface area contributed by atoms with Crippen molar-refractivity contribution in [2.45, 2.75) is 6.92 Å². The third kappa shape index (κ3) is 4.29. The predicted octanol–water partition coefficient (Wildman–Crippen LogP) is 2.64. The minimum absolute atomic E-state index is 0.266. The molecule has 0 saturated carbocycles. The molecule has 0 radical (unpaired) electrons. The van der Waals surface area contributed by atoms with Gasteiger partial charge in [-0.2, -0.15) is 0 Å². The summed E-state index contributed by atoms with van der Waals surface area (Å²) < 4.78 is 0. The number of aromatic nitrogens is 4. The summed E-state index contributed by atoms with van der Waals surface area (Å²) in [5, 5.41) is 6.02. The van der Waals surface area contributed by atoms with Gasteiger partial charge in [0.25, 0.3) is 5.91 Å². The lowest BCUT2D eigenvalue weighted by molar-refractivity contribution is 0.102. The second-order valence-electron chi connectivity index (χ2n) is 5.80. The number of aryl methyl sites for hydroxylation is 1. The molecule has 0 spiro atoms. The molecule has 0 aliphatic rings. The van der Waals surface area contributed by atoms with Gasteiger partial charge in [-0.25, -0.2) is 15.0 Å². The average Bonchev–Trinajstić information content (AvgIpc) is 2.63. The summed E-state index contributed by atoms with van der Waals surface area (Å²) in [4.78, 5) is 30.6. The number of nitrogens with one attached hydrogen (secondary N) is 2. The summed E-state index contributed by atoms with van der Waals surface area (Å²) in [6.07, 6.45) is 4.42. The van der Waals surface area contributed by atoms with Crippen LogP contribution in [-0.4, -0.2) is 39.9 Å². The molecule has 26 heavy (non-hydrogen) atoms. The first-order valence-corrected chi connectivity index (χ1v) is 7.99. The number of nitrogens with zero attached hydrogens (tertiary/aromatic N) is 5. The molecular weight excluding hydrogens is 330 g/mol. The normalized spacial score (nSPS) is 10.3. The number of rotatable bonds is 5. The smallest absolute Gasteiger partial charge is 0.275 e. The second-order valence-corrected chi connectivity index (χ2v) is 5.80. The number of hydrogen-bond acceptors (Lipinski definition) is 7. The number of carbonyl (C=O) groups is 1. The number of carbonyl (C=O) groups excluding carboxylic acids is 1. The molecule has 3 rings (SSSR count). The van der Waals surface area contributed by atoms with Crippen molar-refractivity contribution < 1.29 is 4.79 Å². The van der Waals surface area contributed by atoms with Gasteiger partial charge < -0.3 is 15.5 Å². The second kappa shape index (κ2) is 7.56. The molecule has 8 heteroatoms. The highest BCUT2D eigenvalue weighted by molar-refractivity contribution is 6.02. The lowest BCUT2D eigenvalue weighted by Gasteiger charge is -2.14. The third-order valence-electron chi connectivity index (χ3n) is 3.49. The van der Waals surface area contributed by atoms with Gasteiger partial charge in [0.05, 0.1) is 6.20 Å². The molecule has 0 fully saturated rings. The van der Waals surface area contributed by atoms with E-state index in [4.69, 9.17) is 0 Å². The number of anilines is 4. The molecule has 0 aliphatic heterocycles. The first-order valence-electron chi connectivity index (χ1n) is 7.99. The van der Waals surface area contributed by atoms with Crippen molar-refractivity contribution in [2.75, 3.05) is 29.6 Å². The zero-order chi connectivity index (χ0) is 18.5. The highest BCUT2D eigenvalue weighted by atomic mass is 16.1. The fourth-order valence-corrected chi connectivity index (χ4v) is 2.24. The van der Waals surface area contributed by atoms with Gasteiger partial charge in [-0.15, -0.1) is 0 Å². The van der Waals surface area contributed by atoms with Crippen LogP contribution in [0.25, 0.3) is 0 Å². The maximum Gasteiger partial charge on any atom is 0.275 e. The lowest BCUT2D eigenvalue weighted by Crippen LogP contribution is -2.13. The van der Waals surface area contributed by atoms with Crippen LogP contribution in [0.2, 0.25) is 0 Å². The van der Waals surface area contributed by atoms with Crippen LogP contribution in [0.5, 0.6) is 0 Å². The standard InChI is InChI=1S/C18H19N7O/c1-12-21-16(10-17(22-12)25(2)3)23-13-4-6-14(7-5-13)24-18(26)15-11-19-8-9-20-15/h4-11H,1-3H3,(H,24,26)(H,21,22,23). The zero-order valence-corrected chi connectivity index (χ0v) is 14.8. The maximum absolute atomic E-state index is 12.1. The summed E-state index contributed by atoms with van der Waals surface area (Å²) in [5.74, 6) is 1.91. The van der Waals surface area contributed by atoms with Crippen molar-refractivity contribution in [3.8, 4) is 0 Å². The Hall–Kier alpha value is -3.55. The molecule has 0 bridgehead atoms. The Morgan fingerprint density at radius 2 is 1.77 bits per heavy atom. The van der Waals surface area contributed by atoms with E-state index in [0.29, 0.717) is 17.3 Å². The molecule has 1 amide bonds. The largest absolute Gasteiger partial charge is 0.363 e. The van der Waals surface area contributed by atoms with E-state index in [1.165, 1.54) is 18.6 Å². The summed E-state index contributed by atoms with van der Waals surface area (Å²) in [5.41, 5.74) is 1.78. The molecule has 3 aromatic rings. The lowest BCUT2D eigenvalue weighted by atomic mass is 10.2. The van der Waals surface area contributed by atoms with Gasteiger partial charge in [-0.1, -0.05) is 0 Å². The highest BCUT2D eigenvalue weighted by Crippen LogP contribution is 2.20. The summed E-state index contributed by atoms with van der Waals surface area (Å²) in [7, 11) is 3.86. The van der Waals surface area contributed by atoms with Crippen molar-refractivity contribution in [3.63, 3.8) is 0 Å². The minimum Gasteiger partial charge on any atom is -0.363 e. The molecule has 0 aliphatic carbocycles. The first kappa shape index (κ1) is 17.3. The topological polar surface area (TPSA) is 95.9 Å². The van der Waals surface area contributed by atoms with Crippen LogP contribution < -0.4 is 15.5 Å². The molecule has 0 unspecified atom stereocenters. The first-order chi connectivity index (χ1) is 12.5. The summed E-state index contributed by atoms with van der Waals surface area (Å²) in [6.45, 7) is 1.85. The van der Waals surface area contributed by atoms with Gasteiger partial charge in [0, 0.05) is 43.9 Å². The molecule has 2 aromatic heterocycles. The SMILES string of the molecule is Cc1nc(Nc2ccc(NC(=O)c3cnccn3)cc2)cc(N(C)C)n1. The van der Waals surface area contributed by atoms with Gasteiger partial charge in [-0.3, -0.25) is 9.78 Å². The van der Waals surface area contributed by atoms with Crippen LogP contribution in [0.1, 0.15) is 16.3 Å². The molecule has 2 heterocycles. The Bertz CT molecular complexity index is 895. The van der Waals surface area contributed by atoms with Gasteiger partial charge in [-0.05, 0) is 31.2 Å². The van der Waals surface area contributed by atoms with Crippen molar-refractivity contribution in [2.24, 2.45) is 0 Å². The van der Waals surface area contributed by atoms with Gasteiger partial charge in [0.2, 0.25) is 0 Å². The van der Waals surface area contributed by atoms with Crippen LogP contribution in [-0.2, 0) is 0 Å². The van der Waals surface area contributed by atoms with E-state index >= 15 is 0 Å². The van der Waals surface area contributed by atoms with E-state index < -0.39 is 0 Å². The molecular formula is C18H19N7O. The molecule has 0 atom stereocenters. The van der Waals surface area contributed by atoms with Crippen molar-refractivity contribution in [3.05, 3.63) is 60.4 Å². The Kier molecular flexibility index (Phi) is 5.02. The number of benzene rings is 1. The third-order valence-corrected chi connectivity index (χ3v) is 3.49. The average molecular weight is 349 g/mol. The van der Waals surface area contributed by atoms with Crippen molar-refractivity contribution in [1.82, 2.24) is 19.9 Å². The fraction of sp³-hybridized carbons (Fsp3) is 0.167. The van der Waals surface area contributed by atoms with E-state index in [2.05, 4.69) is 30.6 Å². The molecule has 2 N–H and O–H groups in total. The Balaban J connectivity index is 1.69. The van der Waals surface area contributed by atoms with E-state index in [1.807, 2.05) is 44.1 Å². The van der Waals surface area contributed by atoms with Crippen molar-refractivity contribution >= 4 is 28.9 Å². The quantitative estimate of drug-likeness (QED) is 0.731. The number of amides is 1. The van der Waals surface area contributed by atoms with Crippen LogP contribution in [0.3, 0.4) is 0 Å². The fourth-order valence-electron chi connectivity index (χ4n) is 2.24. The van der Waals surface area contributed by atoms with E-state index in [-0.39, 0.29) is 11.6 Å².